The molecule has 2 aliphatic rings. The van der Waals surface area contributed by atoms with E-state index in [0.717, 1.165) is 13.0 Å². The fraction of sp³-hybridized carbons (Fsp3) is 1.00. The average molecular weight is 194 g/mol. The summed E-state index contributed by atoms with van der Waals surface area (Å²) in [5.74, 6) is 0.545. The van der Waals surface area contributed by atoms with Crippen LogP contribution in [0.15, 0.2) is 0 Å². The number of halogens is 2. The van der Waals surface area contributed by atoms with E-state index in [4.69, 9.17) is 23.2 Å². The van der Waals surface area contributed by atoms with Crippen LogP contribution in [-0.4, -0.2) is 28.9 Å². The van der Waals surface area contributed by atoms with Gasteiger partial charge >= 0.3 is 0 Å². The standard InChI is InChI=1S/C8H13Cl2N/c9-8(10)5-7(8)6-11-3-1-2-4-11/h7H,1-6H2/t7-/m0/s1. The summed E-state index contributed by atoms with van der Waals surface area (Å²) in [5, 5.41) is 0. The minimum absolute atomic E-state index is 0.372. The Balaban J connectivity index is 1.75. The molecule has 64 valence electrons. The smallest absolute Gasteiger partial charge is 0.122 e. The van der Waals surface area contributed by atoms with Gasteiger partial charge < -0.3 is 4.90 Å². The molecule has 0 spiro atoms. The lowest BCUT2D eigenvalue weighted by Gasteiger charge is -2.13. The molecular weight excluding hydrogens is 181 g/mol. The number of rotatable bonds is 2. The minimum Gasteiger partial charge on any atom is -0.303 e. The van der Waals surface area contributed by atoms with Gasteiger partial charge in [-0.25, -0.2) is 0 Å². The van der Waals surface area contributed by atoms with Gasteiger partial charge in [0.05, 0.1) is 0 Å². The molecule has 2 fully saturated rings. The minimum atomic E-state index is -0.372. The number of hydrogen-bond donors (Lipinski definition) is 0. The van der Waals surface area contributed by atoms with Crippen molar-refractivity contribution in [3.8, 4) is 0 Å². The van der Waals surface area contributed by atoms with E-state index in [-0.39, 0.29) is 4.33 Å². The van der Waals surface area contributed by atoms with Crippen LogP contribution in [0.1, 0.15) is 19.3 Å². The lowest BCUT2D eigenvalue weighted by molar-refractivity contribution is 0.323. The van der Waals surface area contributed by atoms with Gasteiger partial charge in [0.25, 0.3) is 0 Å². The molecule has 0 aromatic carbocycles. The van der Waals surface area contributed by atoms with Crippen LogP contribution in [0.5, 0.6) is 0 Å². The van der Waals surface area contributed by atoms with Crippen molar-refractivity contribution in [2.75, 3.05) is 19.6 Å². The summed E-state index contributed by atoms with van der Waals surface area (Å²) in [5.41, 5.74) is 0. The second-order valence-corrected chi connectivity index (χ2v) is 5.21. The summed E-state index contributed by atoms with van der Waals surface area (Å²) < 4.78 is -0.372. The van der Waals surface area contributed by atoms with Gasteiger partial charge in [-0.1, -0.05) is 0 Å². The van der Waals surface area contributed by atoms with Crippen LogP contribution in [0.25, 0.3) is 0 Å². The van der Waals surface area contributed by atoms with Gasteiger partial charge in [0.2, 0.25) is 0 Å². The van der Waals surface area contributed by atoms with Gasteiger partial charge in [-0.15, -0.1) is 23.2 Å². The molecule has 0 unspecified atom stereocenters. The van der Waals surface area contributed by atoms with Crippen molar-refractivity contribution in [1.29, 1.82) is 0 Å². The normalized spacial score (nSPS) is 36.0. The Labute approximate surface area is 77.6 Å². The molecular formula is C8H13Cl2N. The fourth-order valence-electron chi connectivity index (χ4n) is 1.74. The van der Waals surface area contributed by atoms with Gasteiger partial charge in [0, 0.05) is 12.5 Å². The van der Waals surface area contributed by atoms with Crippen LogP contribution >= 0.6 is 23.2 Å². The van der Waals surface area contributed by atoms with Crippen LogP contribution in [-0.2, 0) is 0 Å². The Morgan fingerprint density at radius 2 is 1.82 bits per heavy atom. The van der Waals surface area contributed by atoms with E-state index in [1.165, 1.54) is 25.9 Å². The predicted molar refractivity (Wildman–Crippen MR) is 48.2 cm³/mol. The zero-order chi connectivity index (χ0) is 7.90. The first-order chi connectivity index (χ1) is 5.18. The lowest BCUT2D eigenvalue weighted by atomic mass is 10.4. The Morgan fingerprint density at radius 3 is 2.27 bits per heavy atom. The van der Waals surface area contributed by atoms with Crippen LogP contribution in [0.3, 0.4) is 0 Å². The van der Waals surface area contributed by atoms with Gasteiger partial charge in [0.15, 0.2) is 0 Å². The average Bonchev–Trinajstić information content (AvgIpc) is 2.42. The van der Waals surface area contributed by atoms with Gasteiger partial charge in [-0.3, -0.25) is 0 Å². The quantitative estimate of drug-likeness (QED) is 0.609. The molecule has 0 aromatic rings. The summed E-state index contributed by atoms with van der Waals surface area (Å²) >= 11 is 11.8. The lowest BCUT2D eigenvalue weighted by Crippen LogP contribution is -2.23. The zero-order valence-electron chi connectivity index (χ0n) is 6.52. The Kier molecular flexibility index (Phi) is 2.07. The first-order valence-corrected chi connectivity index (χ1v) is 5.04. The third-order valence-electron chi connectivity index (χ3n) is 2.63. The van der Waals surface area contributed by atoms with Crippen LogP contribution in [0, 0.1) is 5.92 Å². The molecule has 11 heavy (non-hydrogen) atoms. The van der Waals surface area contributed by atoms with E-state index in [9.17, 15) is 0 Å². The highest BCUT2D eigenvalue weighted by atomic mass is 35.5. The summed E-state index contributed by atoms with van der Waals surface area (Å²) in [7, 11) is 0. The van der Waals surface area contributed by atoms with Gasteiger partial charge in [-0.05, 0) is 32.4 Å². The molecule has 1 saturated carbocycles. The van der Waals surface area contributed by atoms with E-state index in [0.29, 0.717) is 5.92 Å². The highest BCUT2D eigenvalue weighted by molar-refractivity contribution is 6.50. The SMILES string of the molecule is ClC1(Cl)C[C@H]1CN1CCCC1. The van der Waals surface area contributed by atoms with Crippen LogP contribution < -0.4 is 0 Å². The molecule has 1 aliphatic heterocycles. The summed E-state index contributed by atoms with van der Waals surface area (Å²) in [4.78, 5) is 2.47. The molecule has 1 atom stereocenters. The van der Waals surface area contributed by atoms with E-state index in [1.54, 1.807) is 0 Å². The topological polar surface area (TPSA) is 3.24 Å². The predicted octanol–water partition coefficient (Wildman–Crippen LogP) is 2.28. The maximum Gasteiger partial charge on any atom is 0.122 e. The van der Waals surface area contributed by atoms with Crippen LogP contribution in [0.2, 0.25) is 0 Å². The summed E-state index contributed by atoms with van der Waals surface area (Å²) in [6.45, 7) is 3.62. The molecule has 2 rings (SSSR count). The Bertz CT molecular complexity index is 149. The summed E-state index contributed by atoms with van der Waals surface area (Å²) in [6, 6.07) is 0. The molecule has 0 radical (unpaired) electrons. The van der Waals surface area contributed by atoms with Crippen molar-refractivity contribution in [3.05, 3.63) is 0 Å². The maximum absolute atomic E-state index is 5.92. The maximum atomic E-state index is 5.92. The van der Waals surface area contributed by atoms with Gasteiger partial charge in [0.1, 0.15) is 4.33 Å². The third-order valence-corrected chi connectivity index (χ3v) is 3.56. The first-order valence-electron chi connectivity index (χ1n) is 4.29. The zero-order valence-corrected chi connectivity index (χ0v) is 8.03. The second kappa shape index (κ2) is 2.79. The molecule has 0 aromatic heterocycles. The van der Waals surface area contributed by atoms with E-state index >= 15 is 0 Å². The largest absolute Gasteiger partial charge is 0.303 e. The third kappa shape index (κ3) is 1.82. The molecule has 1 nitrogen and oxygen atoms in total. The van der Waals surface area contributed by atoms with Crippen molar-refractivity contribution in [1.82, 2.24) is 4.90 Å². The number of alkyl halides is 2. The molecule has 3 heteroatoms. The number of hydrogen-bond acceptors (Lipinski definition) is 1. The molecule has 1 heterocycles. The Hall–Kier alpha value is 0.540. The Morgan fingerprint density at radius 1 is 1.27 bits per heavy atom. The van der Waals surface area contributed by atoms with Crippen molar-refractivity contribution in [2.45, 2.75) is 23.6 Å². The first kappa shape index (κ1) is 8.15. The number of nitrogens with zero attached hydrogens (tertiary/aromatic N) is 1. The van der Waals surface area contributed by atoms with E-state index in [2.05, 4.69) is 4.90 Å². The van der Waals surface area contributed by atoms with E-state index in [1.807, 2.05) is 0 Å². The van der Waals surface area contributed by atoms with Crippen molar-refractivity contribution >= 4 is 23.2 Å². The monoisotopic (exact) mass is 193 g/mol. The van der Waals surface area contributed by atoms with Crippen LogP contribution in [0.4, 0.5) is 0 Å². The van der Waals surface area contributed by atoms with Gasteiger partial charge in [-0.2, -0.15) is 0 Å². The molecule has 0 amide bonds. The molecule has 0 bridgehead atoms. The highest BCUT2D eigenvalue weighted by Gasteiger charge is 2.51. The number of likely N-dealkylation sites (tertiary alicyclic amines) is 1. The molecule has 0 N–H and O–H groups in total. The summed E-state index contributed by atoms with van der Waals surface area (Å²) in [6.07, 6.45) is 3.70. The highest BCUT2D eigenvalue weighted by Crippen LogP contribution is 2.53. The second-order valence-electron chi connectivity index (χ2n) is 3.67. The molecule has 1 saturated heterocycles. The van der Waals surface area contributed by atoms with Crippen molar-refractivity contribution in [2.24, 2.45) is 5.92 Å². The van der Waals surface area contributed by atoms with Crippen molar-refractivity contribution < 1.29 is 0 Å². The molecule has 1 aliphatic carbocycles. The fourth-order valence-corrected chi connectivity index (χ4v) is 2.26. The van der Waals surface area contributed by atoms with Crippen molar-refractivity contribution in [3.63, 3.8) is 0 Å². The van der Waals surface area contributed by atoms with E-state index < -0.39 is 0 Å².